The van der Waals surface area contributed by atoms with E-state index < -0.39 is 5.91 Å². The van der Waals surface area contributed by atoms with Crippen molar-refractivity contribution in [1.82, 2.24) is 5.43 Å². The van der Waals surface area contributed by atoms with Crippen molar-refractivity contribution in [3.63, 3.8) is 0 Å². The van der Waals surface area contributed by atoms with Gasteiger partial charge in [-0.15, -0.1) is 0 Å². The molecular formula is C22H15BrN2O2. The molecule has 0 aromatic heterocycles. The Morgan fingerprint density at radius 1 is 0.926 bits per heavy atom. The molecule has 1 amide bonds. The first-order chi connectivity index (χ1) is 13.1. The highest BCUT2D eigenvalue weighted by atomic mass is 79.9. The molecule has 4 aromatic carbocycles. The van der Waals surface area contributed by atoms with Crippen LogP contribution >= 0.6 is 15.9 Å². The fraction of sp³-hybridized carbons (Fsp3) is 0. The van der Waals surface area contributed by atoms with Crippen molar-refractivity contribution >= 4 is 49.6 Å². The minimum absolute atomic E-state index is 0.0958. The largest absolute Gasteiger partial charge is 0.507 e. The highest BCUT2D eigenvalue weighted by Crippen LogP contribution is 2.27. The van der Waals surface area contributed by atoms with Gasteiger partial charge in [0.2, 0.25) is 0 Å². The third-order valence-electron chi connectivity index (χ3n) is 4.38. The summed E-state index contributed by atoms with van der Waals surface area (Å²) in [5.41, 5.74) is 3.58. The molecule has 0 fully saturated rings. The summed E-state index contributed by atoms with van der Waals surface area (Å²) >= 11 is 3.29. The maximum atomic E-state index is 12.3. The van der Waals surface area contributed by atoms with E-state index in [0.717, 1.165) is 27.1 Å². The van der Waals surface area contributed by atoms with Crippen LogP contribution in [0.2, 0.25) is 0 Å². The predicted molar refractivity (Wildman–Crippen MR) is 112 cm³/mol. The summed E-state index contributed by atoms with van der Waals surface area (Å²) in [6.07, 6.45) is 1.65. The molecule has 0 saturated heterocycles. The maximum Gasteiger partial charge on any atom is 0.275 e. The Labute approximate surface area is 164 Å². The van der Waals surface area contributed by atoms with Gasteiger partial charge in [0.05, 0.1) is 11.8 Å². The minimum atomic E-state index is -0.477. The van der Waals surface area contributed by atoms with E-state index in [0.29, 0.717) is 4.47 Å². The first-order valence-corrected chi connectivity index (χ1v) is 9.15. The van der Waals surface area contributed by atoms with Crippen LogP contribution in [0, 0.1) is 0 Å². The molecule has 27 heavy (non-hydrogen) atoms. The number of aromatic hydroxyl groups is 1. The molecule has 132 valence electrons. The lowest BCUT2D eigenvalue weighted by atomic mass is 9.97. The molecule has 5 heteroatoms. The van der Waals surface area contributed by atoms with Gasteiger partial charge in [-0.3, -0.25) is 4.79 Å². The zero-order valence-corrected chi connectivity index (χ0v) is 15.8. The molecule has 0 spiro atoms. The van der Waals surface area contributed by atoms with Gasteiger partial charge in [-0.2, -0.15) is 5.10 Å². The fourth-order valence-corrected chi connectivity index (χ4v) is 3.45. The molecule has 0 radical (unpaired) electrons. The predicted octanol–water partition coefficient (Wildman–Crippen LogP) is 5.23. The smallest absolute Gasteiger partial charge is 0.275 e. The lowest BCUT2D eigenvalue weighted by Gasteiger charge is -2.08. The summed E-state index contributed by atoms with van der Waals surface area (Å²) < 4.78 is 0.703. The van der Waals surface area contributed by atoms with E-state index in [1.165, 1.54) is 6.07 Å². The third kappa shape index (κ3) is 3.41. The van der Waals surface area contributed by atoms with Gasteiger partial charge in [-0.05, 0) is 45.8 Å². The number of hydrogen-bond acceptors (Lipinski definition) is 3. The number of benzene rings is 4. The molecule has 0 aliphatic carbocycles. The van der Waals surface area contributed by atoms with Crippen molar-refractivity contribution in [1.29, 1.82) is 0 Å². The van der Waals surface area contributed by atoms with Crippen LogP contribution in [-0.4, -0.2) is 17.2 Å². The van der Waals surface area contributed by atoms with E-state index in [4.69, 9.17) is 0 Å². The number of fused-ring (bicyclic) bond motifs is 2. The number of phenolic OH excluding ortho intramolecular Hbond substituents is 1. The SMILES string of the molecule is O=C(NN=Cc1c2ccccc2cc2ccccc12)c1cc(Br)ccc1O. The van der Waals surface area contributed by atoms with Crippen molar-refractivity contribution in [2.75, 3.05) is 0 Å². The number of carbonyl (C=O) groups is 1. The Morgan fingerprint density at radius 2 is 1.56 bits per heavy atom. The number of halogens is 1. The first kappa shape index (κ1) is 17.2. The van der Waals surface area contributed by atoms with Gasteiger partial charge in [-0.1, -0.05) is 64.5 Å². The Hall–Kier alpha value is -3.18. The van der Waals surface area contributed by atoms with E-state index in [1.807, 2.05) is 36.4 Å². The molecule has 4 rings (SSSR count). The third-order valence-corrected chi connectivity index (χ3v) is 4.87. The fourth-order valence-electron chi connectivity index (χ4n) is 3.09. The highest BCUT2D eigenvalue weighted by Gasteiger charge is 2.11. The van der Waals surface area contributed by atoms with Gasteiger partial charge in [0.15, 0.2) is 0 Å². The van der Waals surface area contributed by atoms with Crippen LogP contribution in [0.1, 0.15) is 15.9 Å². The molecule has 0 aliphatic heterocycles. The average molecular weight is 419 g/mol. The molecule has 0 saturated carbocycles. The minimum Gasteiger partial charge on any atom is -0.507 e. The van der Waals surface area contributed by atoms with Crippen molar-refractivity contribution in [2.45, 2.75) is 0 Å². The van der Waals surface area contributed by atoms with Crippen molar-refractivity contribution in [3.05, 3.63) is 88.4 Å². The Bertz CT molecular complexity index is 1150. The standard InChI is InChI=1S/C22H15BrN2O2/c23-16-9-10-21(26)19(12-16)22(27)25-24-13-20-17-7-3-1-5-14(17)11-15-6-2-4-8-18(15)20/h1-13,26H,(H,25,27). The van der Waals surface area contributed by atoms with Crippen molar-refractivity contribution < 1.29 is 9.90 Å². The molecule has 0 atom stereocenters. The molecule has 0 unspecified atom stereocenters. The zero-order valence-electron chi connectivity index (χ0n) is 14.2. The summed E-state index contributed by atoms with van der Waals surface area (Å²) in [6.45, 7) is 0. The van der Waals surface area contributed by atoms with Crippen LogP contribution in [0.5, 0.6) is 5.75 Å². The summed E-state index contributed by atoms with van der Waals surface area (Å²) in [7, 11) is 0. The van der Waals surface area contributed by atoms with Crippen LogP contribution < -0.4 is 5.43 Å². The number of nitrogens with zero attached hydrogens (tertiary/aromatic N) is 1. The number of phenols is 1. The molecule has 4 nitrogen and oxygen atoms in total. The summed E-state index contributed by atoms with van der Waals surface area (Å²) in [4.78, 5) is 12.3. The number of nitrogens with one attached hydrogen (secondary N) is 1. The average Bonchev–Trinajstić information content (AvgIpc) is 2.69. The van der Waals surface area contributed by atoms with Gasteiger partial charge in [0, 0.05) is 10.0 Å². The van der Waals surface area contributed by atoms with Crippen LogP contribution in [0.3, 0.4) is 0 Å². The molecule has 4 aromatic rings. The van der Waals surface area contributed by atoms with Gasteiger partial charge in [0.1, 0.15) is 5.75 Å². The number of amides is 1. The second-order valence-electron chi connectivity index (χ2n) is 6.09. The maximum absolute atomic E-state index is 12.3. The molecule has 0 heterocycles. The monoisotopic (exact) mass is 418 g/mol. The summed E-state index contributed by atoms with van der Waals surface area (Å²) in [5, 5.41) is 18.3. The van der Waals surface area contributed by atoms with Crippen LogP contribution in [0.15, 0.2) is 82.4 Å². The molecule has 2 N–H and O–H groups in total. The lowest BCUT2D eigenvalue weighted by molar-refractivity contribution is 0.0952. The van der Waals surface area contributed by atoms with Gasteiger partial charge >= 0.3 is 0 Å². The Morgan fingerprint density at radius 3 is 2.22 bits per heavy atom. The number of hydrazone groups is 1. The molecule has 0 bridgehead atoms. The zero-order chi connectivity index (χ0) is 18.8. The van der Waals surface area contributed by atoms with Crippen molar-refractivity contribution in [3.8, 4) is 5.75 Å². The summed E-state index contributed by atoms with van der Waals surface area (Å²) in [6, 6.07) is 22.9. The quantitative estimate of drug-likeness (QED) is 0.272. The van der Waals surface area contributed by atoms with E-state index in [2.05, 4.69) is 44.7 Å². The molecule has 0 aliphatic rings. The summed E-state index contributed by atoms with van der Waals surface area (Å²) in [5.74, 6) is -0.573. The van der Waals surface area contributed by atoms with E-state index in [1.54, 1.807) is 18.3 Å². The van der Waals surface area contributed by atoms with Crippen LogP contribution in [-0.2, 0) is 0 Å². The van der Waals surface area contributed by atoms with Gasteiger partial charge in [-0.25, -0.2) is 5.43 Å². The number of rotatable bonds is 3. The lowest BCUT2D eigenvalue weighted by Crippen LogP contribution is -2.17. The van der Waals surface area contributed by atoms with Gasteiger partial charge in [0.25, 0.3) is 5.91 Å². The van der Waals surface area contributed by atoms with E-state index >= 15 is 0 Å². The van der Waals surface area contributed by atoms with Crippen LogP contribution in [0.25, 0.3) is 21.5 Å². The number of hydrogen-bond donors (Lipinski definition) is 2. The second-order valence-corrected chi connectivity index (χ2v) is 7.01. The normalized spacial score (nSPS) is 11.3. The Balaban J connectivity index is 1.72. The highest BCUT2D eigenvalue weighted by molar-refractivity contribution is 9.10. The van der Waals surface area contributed by atoms with Crippen LogP contribution in [0.4, 0.5) is 0 Å². The van der Waals surface area contributed by atoms with Gasteiger partial charge < -0.3 is 5.11 Å². The number of carbonyl (C=O) groups excluding carboxylic acids is 1. The van der Waals surface area contributed by atoms with E-state index in [9.17, 15) is 9.90 Å². The Kier molecular flexibility index (Phi) is 4.60. The molecular weight excluding hydrogens is 404 g/mol. The van der Waals surface area contributed by atoms with Crippen molar-refractivity contribution in [2.24, 2.45) is 5.10 Å². The van der Waals surface area contributed by atoms with E-state index in [-0.39, 0.29) is 11.3 Å². The second kappa shape index (κ2) is 7.21. The first-order valence-electron chi connectivity index (χ1n) is 8.36. The topological polar surface area (TPSA) is 61.7 Å².